The lowest BCUT2D eigenvalue weighted by Gasteiger charge is -2.14. The highest BCUT2D eigenvalue weighted by atomic mass is 19.4. The Balaban J connectivity index is 1.49. The molecule has 2 aromatic carbocycles. The molecule has 27 heavy (non-hydrogen) atoms. The van der Waals surface area contributed by atoms with E-state index >= 15 is 0 Å². The van der Waals surface area contributed by atoms with Crippen LogP contribution in [0.15, 0.2) is 54.9 Å². The van der Waals surface area contributed by atoms with E-state index in [1.807, 2.05) is 35.8 Å². The Morgan fingerprint density at radius 3 is 2.56 bits per heavy atom. The first-order chi connectivity index (χ1) is 12.8. The van der Waals surface area contributed by atoms with Gasteiger partial charge < -0.3 is 9.88 Å². The number of carbonyl (C=O) groups is 1. The van der Waals surface area contributed by atoms with Gasteiger partial charge in [0.2, 0.25) is 5.91 Å². The Labute approximate surface area is 155 Å². The number of fused-ring (bicyclic) bond motifs is 1. The largest absolute Gasteiger partial charge is 0.416 e. The maximum absolute atomic E-state index is 12.5. The number of para-hydroxylation sites is 2. The van der Waals surface area contributed by atoms with E-state index in [1.165, 1.54) is 12.1 Å². The Morgan fingerprint density at radius 2 is 1.85 bits per heavy atom. The summed E-state index contributed by atoms with van der Waals surface area (Å²) in [7, 11) is 0. The van der Waals surface area contributed by atoms with Gasteiger partial charge in [-0.2, -0.15) is 13.2 Å². The van der Waals surface area contributed by atoms with Crippen molar-refractivity contribution in [1.29, 1.82) is 0 Å². The number of benzene rings is 2. The van der Waals surface area contributed by atoms with Gasteiger partial charge in [0, 0.05) is 19.0 Å². The van der Waals surface area contributed by atoms with E-state index < -0.39 is 11.7 Å². The predicted octanol–water partition coefficient (Wildman–Crippen LogP) is 4.37. The summed E-state index contributed by atoms with van der Waals surface area (Å²) in [5, 5.41) is 2.82. The monoisotopic (exact) mass is 375 g/mol. The number of amides is 1. The van der Waals surface area contributed by atoms with Gasteiger partial charge in [-0.15, -0.1) is 0 Å². The number of imidazole rings is 1. The van der Waals surface area contributed by atoms with Crippen LogP contribution in [0, 0.1) is 0 Å². The quantitative estimate of drug-likeness (QED) is 0.696. The number of nitrogens with one attached hydrogen (secondary N) is 1. The van der Waals surface area contributed by atoms with Crippen molar-refractivity contribution >= 4 is 16.9 Å². The number of rotatable bonds is 6. The van der Waals surface area contributed by atoms with E-state index in [-0.39, 0.29) is 11.9 Å². The molecule has 0 aliphatic heterocycles. The lowest BCUT2D eigenvalue weighted by molar-refractivity contribution is -0.137. The van der Waals surface area contributed by atoms with E-state index in [0.29, 0.717) is 19.4 Å². The van der Waals surface area contributed by atoms with E-state index in [4.69, 9.17) is 0 Å². The molecule has 1 heterocycles. The highest BCUT2D eigenvalue weighted by Gasteiger charge is 2.29. The summed E-state index contributed by atoms with van der Waals surface area (Å²) in [5.41, 5.74) is 1.93. The number of aromatic nitrogens is 2. The van der Waals surface area contributed by atoms with Crippen molar-refractivity contribution in [2.75, 3.05) is 6.54 Å². The summed E-state index contributed by atoms with van der Waals surface area (Å²) < 4.78 is 39.6. The maximum Gasteiger partial charge on any atom is 0.416 e. The van der Waals surface area contributed by atoms with E-state index in [0.717, 1.165) is 28.7 Å². The van der Waals surface area contributed by atoms with Crippen molar-refractivity contribution in [1.82, 2.24) is 14.9 Å². The summed E-state index contributed by atoms with van der Waals surface area (Å²) in [6, 6.07) is 12.7. The van der Waals surface area contributed by atoms with Crippen molar-refractivity contribution in [2.45, 2.75) is 32.0 Å². The molecule has 0 bridgehead atoms. The minimum atomic E-state index is -4.33. The predicted molar refractivity (Wildman–Crippen MR) is 97.2 cm³/mol. The molecule has 3 rings (SSSR count). The fourth-order valence-corrected chi connectivity index (χ4v) is 2.97. The molecule has 0 fully saturated rings. The van der Waals surface area contributed by atoms with Gasteiger partial charge in [-0.05, 0) is 43.2 Å². The first-order valence-electron chi connectivity index (χ1n) is 8.69. The zero-order chi connectivity index (χ0) is 19.4. The average Bonchev–Trinajstić information content (AvgIpc) is 3.05. The van der Waals surface area contributed by atoms with Crippen LogP contribution in [0.3, 0.4) is 0 Å². The van der Waals surface area contributed by atoms with Crippen LogP contribution in [0.4, 0.5) is 13.2 Å². The summed E-state index contributed by atoms with van der Waals surface area (Å²) in [5.74, 6) is -0.104. The summed E-state index contributed by atoms with van der Waals surface area (Å²) in [4.78, 5) is 16.5. The molecular weight excluding hydrogens is 355 g/mol. The molecule has 1 atom stereocenters. The third kappa shape index (κ3) is 4.67. The number of hydrogen-bond acceptors (Lipinski definition) is 2. The van der Waals surface area contributed by atoms with Gasteiger partial charge >= 0.3 is 6.18 Å². The van der Waals surface area contributed by atoms with Crippen LogP contribution < -0.4 is 5.32 Å². The number of hydrogen-bond donors (Lipinski definition) is 1. The second-order valence-electron chi connectivity index (χ2n) is 6.49. The average molecular weight is 375 g/mol. The summed E-state index contributed by atoms with van der Waals surface area (Å²) in [6.07, 6.45) is -1.83. The molecular formula is C20H20F3N3O. The molecule has 4 nitrogen and oxygen atoms in total. The molecule has 7 heteroatoms. The molecule has 0 saturated carbocycles. The first kappa shape index (κ1) is 18.9. The molecule has 1 aromatic heterocycles. The number of halogens is 3. The molecule has 1 N–H and O–H groups in total. The van der Waals surface area contributed by atoms with Crippen LogP contribution in [0.25, 0.3) is 11.0 Å². The van der Waals surface area contributed by atoms with Crippen molar-refractivity contribution in [3.63, 3.8) is 0 Å². The molecule has 0 saturated heterocycles. The highest BCUT2D eigenvalue weighted by molar-refractivity contribution is 5.78. The first-order valence-corrected chi connectivity index (χ1v) is 8.69. The second kappa shape index (κ2) is 7.82. The molecule has 3 aromatic rings. The van der Waals surface area contributed by atoms with Crippen LogP contribution in [-0.4, -0.2) is 22.0 Å². The molecule has 0 spiro atoms. The molecule has 0 aliphatic carbocycles. The van der Waals surface area contributed by atoms with Crippen LogP contribution in [-0.2, 0) is 17.4 Å². The minimum Gasteiger partial charge on any atom is -0.356 e. The maximum atomic E-state index is 12.5. The van der Waals surface area contributed by atoms with Crippen molar-refractivity contribution < 1.29 is 18.0 Å². The number of nitrogens with zero attached hydrogens (tertiary/aromatic N) is 2. The van der Waals surface area contributed by atoms with Gasteiger partial charge in [0.25, 0.3) is 0 Å². The standard InChI is InChI=1S/C20H20F3N3O/c1-14(26-13-25-17-4-2-3-5-18(17)26)12-19(27)24-11-10-15-6-8-16(9-7-15)20(21,22)23/h2-9,13-14H,10-12H2,1H3,(H,24,27)/t14-/m0/s1. The third-order valence-corrected chi connectivity index (χ3v) is 4.45. The SMILES string of the molecule is C[C@@H](CC(=O)NCCc1ccc(C(F)(F)F)cc1)n1cnc2ccccc21. The van der Waals surface area contributed by atoms with Gasteiger partial charge in [0.1, 0.15) is 0 Å². The molecule has 142 valence electrons. The zero-order valence-corrected chi connectivity index (χ0v) is 14.8. The minimum absolute atomic E-state index is 0.0523. The van der Waals surface area contributed by atoms with Gasteiger partial charge in [0.05, 0.1) is 22.9 Å². The van der Waals surface area contributed by atoms with Crippen molar-refractivity contribution in [2.24, 2.45) is 0 Å². The summed E-state index contributed by atoms with van der Waals surface area (Å²) in [6.45, 7) is 2.32. The fourth-order valence-electron chi connectivity index (χ4n) is 2.97. The number of alkyl halides is 3. The van der Waals surface area contributed by atoms with Gasteiger partial charge in [-0.3, -0.25) is 4.79 Å². The highest BCUT2D eigenvalue weighted by Crippen LogP contribution is 2.29. The second-order valence-corrected chi connectivity index (χ2v) is 6.49. The Morgan fingerprint density at radius 1 is 1.15 bits per heavy atom. The Bertz CT molecular complexity index is 916. The molecule has 0 aliphatic rings. The van der Waals surface area contributed by atoms with Gasteiger partial charge in [-0.1, -0.05) is 24.3 Å². The molecule has 0 unspecified atom stereocenters. The summed E-state index contributed by atoms with van der Waals surface area (Å²) >= 11 is 0. The van der Waals surface area contributed by atoms with Gasteiger partial charge in [0.15, 0.2) is 0 Å². The Kier molecular flexibility index (Phi) is 5.48. The van der Waals surface area contributed by atoms with Crippen LogP contribution in [0.1, 0.15) is 30.5 Å². The Hall–Kier alpha value is -2.83. The van der Waals surface area contributed by atoms with Crippen molar-refractivity contribution in [3.05, 3.63) is 66.0 Å². The fraction of sp³-hybridized carbons (Fsp3) is 0.300. The molecule has 0 radical (unpaired) electrons. The lowest BCUT2D eigenvalue weighted by atomic mass is 10.1. The van der Waals surface area contributed by atoms with E-state index in [1.54, 1.807) is 6.33 Å². The topological polar surface area (TPSA) is 46.9 Å². The van der Waals surface area contributed by atoms with E-state index in [9.17, 15) is 18.0 Å². The van der Waals surface area contributed by atoms with Gasteiger partial charge in [-0.25, -0.2) is 4.98 Å². The van der Waals surface area contributed by atoms with E-state index in [2.05, 4.69) is 10.3 Å². The number of carbonyl (C=O) groups excluding carboxylic acids is 1. The van der Waals surface area contributed by atoms with Crippen LogP contribution in [0.2, 0.25) is 0 Å². The smallest absolute Gasteiger partial charge is 0.356 e. The van der Waals surface area contributed by atoms with Crippen molar-refractivity contribution in [3.8, 4) is 0 Å². The van der Waals surface area contributed by atoms with Crippen LogP contribution >= 0.6 is 0 Å². The normalized spacial score (nSPS) is 12.9. The zero-order valence-electron chi connectivity index (χ0n) is 14.8. The third-order valence-electron chi connectivity index (χ3n) is 4.45. The van der Waals surface area contributed by atoms with Crippen LogP contribution in [0.5, 0.6) is 0 Å². The lowest BCUT2D eigenvalue weighted by Crippen LogP contribution is -2.27. The molecule has 1 amide bonds.